The van der Waals surface area contributed by atoms with Gasteiger partial charge in [-0.25, -0.2) is 4.98 Å². The van der Waals surface area contributed by atoms with Gasteiger partial charge in [0.1, 0.15) is 11.6 Å². The molecule has 4 aromatic rings. The monoisotopic (exact) mass is 446 g/mol. The molecule has 32 heavy (non-hydrogen) atoms. The van der Waals surface area contributed by atoms with Gasteiger partial charge in [-0.2, -0.15) is 0 Å². The Bertz CT molecular complexity index is 1290. The number of hydrogen-bond acceptors (Lipinski definition) is 5. The maximum atomic E-state index is 12.9. The molecule has 1 aliphatic heterocycles. The summed E-state index contributed by atoms with van der Waals surface area (Å²) in [4.78, 5) is 21.9. The number of para-hydroxylation sites is 2. The lowest BCUT2D eigenvalue weighted by Crippen LogP contribution is -2.23. The van der Waals surface area contributed by atoms with Crippen LogP contribution in [0.2, 0.25) is 0 Å². The molecule has 0 saturated carbocycles. The van der Waals surface area contributed by atoms with Crippen LogP contribution < -0.4 is 15.0 Å². The van der Waals surface area contributed by atoms with E-state index in [0.29, 0.717) is 16.3 Å². The molecule has 5 rings (SSSR count). The average Bonchev–Trinajstić information content (AvgIpc) is 3.24. The number of aryl methyl sites for hydroxylation is 3. The van der Waals surface area contributed by atoms with Crippen molar-refractivity contribution in [3.05, 3.63) is 69.7 Å². The molecule has 0 fully saturated rings. The van der Waals surface area contributed by atoms with Crippen LogP contribution in [0.1, 0.15) is 32.4 Å². The average molecular weight is 447 g/mol. The molecule has 0 radical (unpaired) electrons. The highest BCUT2D eigenvalue weighted by Gasteiger charge is 2.20. The number of nitrogens with zero attached hydrogens (tertiary/aromatic N) is 3. The van der Waals surface area contributed by atoms with Crippen LogP contribution in [0.3, 0.4) is 0 Å². The third kappa shape index (κ3) is 3.73. The van der Waals surface area contributed by atoms with Gasteiger partial charge in [0.05, 0.1) is 35.3 Å². The number of fused-ring (bicyclic) bond motifs is 3. The molecule has 0 spiro atoms. The fourth-order valence-electron chi connectivity index (χ4n) is 4.24. The molecular weight excluding hydrogens is 420 g/mol. The number of benzene rings is 2. The first-order valence-electron chi connectivity index (χ1n) is 10.8. The molecule has 164 valence electrons. The van der Waals surface area contributed by atoms with Crippen molar-refractivity contribution < 1.29 is 9.53 Å². The van der Waals surface area contributed by atoms with E-state index in [9.17, 15) is 4.79 Å². The Balaban J connectivity index is 1.44. The van der Waals surface area contributed by atoms with E-state index in [1.54, 1.807) is 7.11 Å². The van der Waals surface area contributed by atoms with Gasteiger partial charge < -0.3 is 19.5 Å². The molecule has 0 bridgehead atoms. The second-order valence-corrected chi connectivity index (χ2v) is 9.39. The summed E-state index contributed by atoms with van der Waals surface area (Å²) in [7, 11) is 1.62. The van der Waals surface area contributed by atoms with Gasteiger partial charge >= 0.3 is 0 Å². The molecule has 2 aromatic carbocycles. The zero-order valence-corrected chi connectivity index (χ0v) is 19.3. The van der Waals surface area contributed by atoms with Crippen molar-refractivity contribution in [2.75, 3.05) is 23.9 Å². The normalized spacial score (nSPS) is 13.7. The number of hydrogen-bond donors (Lipinski definition) is 1. The highest BCUT2D eigenvalue weighted by molar-refractivity contribution is 7.14. The molecule has 7 heteroatoms. The molecule has 0 unspecified atom stereocenters. The van der Waals surface area contributed by atoms with Gasteiger partial charge in [0, 0.05) is 23.7 Å². The minimum atomic E-state index is -0.112. The third-order valence-electron chi connectivity index (χ3n) is 6.06. The van der Waals surface area contributed by atoms with Crippen LogP contribution >= 0.6 is 11.3 Å². The number of ether oxygens (including phenoxy) is 1. The maximum Gasteiger partial charge on any atom is 0.265 e. The summed E-state index contributed by atoms with van der Waals surface area (Å²) in [6.07, 6.45) is 1.02. The Morgan fingerprint density at radius 3 is 2.75 bits per heavy atom. The number of carbonyl (C=O) groups is 1. The van der Waals surface area contributed by atoms with Crippen molar-refractivity contribution in [1.82, 2.24) is 9.55 Å². The quantitative estimate of drug-likeness (QED) is 0.457. The van der Waals surface area contributed by atoms with E-state index in [1.165, 1.54) is 16.9 Å². The highest BCUT2D eigenvalue weighted by Crippen LogP contribution is 2.33. The molecule has 6 nitrogen and oxygen atoms in total. The van der Waals surface area contributed by atoms with E-state index in [4.69, 9.17) is 9.72 Å². The van der Waals surface area contributed by atoms with E-state index in [0.717, 1.165) is 53.5 Å². The SMILES string of the molecule is COc1ccc(N2CCCn3c(nc4ccccc43)C2)cc1NC(=O)c1cc(C)c(C)s1. The van der Waals surface area contributed by atoms with Crippen molar-refractivity contribution in [3.8, 4) is 5.75 Å². The van der Waals surface area contributed by atoms with Crippen molar-refractivity contribution in [2.24, 2.45) is 0 Å². The van der Waals surface area contributed by atoms with Gasteiger partial charge in [-0.3, -0.25) is 4.79 Å². The smallest absolute Gasteiger partial charge is 0.265 e. The van der Waals surface area contributed by atoms with E-state index in [-0.39, 0.29) is 5.91 Å². The number of methoxy groups -OCH3 is 1. The van der Waals surface area contributed by atoms with Gasteiger partial charge in [-0.1, -0.05) is 12.1 Å². The Morgan fingerprint density at radius 2 is 1.97 bits per heavy atom. The predicted molar refractivity (Wildman–Crippen MR) is 130 cm³/mol. The minimum Gasteiger partial charge on any atom is -0.495 e. The Kier molecular flexibility index (Phi) is 5.35. The molecule has 1 amide bonds. The van der Waals surface area contributed by atoms with Gasteiger partial charge in [0.15, 0.2) is 0 Å². The summed E-state index contributed by atoms with van der Waals surface area (Å²) in [5, 5.41) is 3.05. The van der Waals surface area contributed by atoms with Gasteiger partial charge in [-0.05, 0) is 62.2 Å². The third-order valence-corrected chi connectivity index (χ3v) is 7.21. The second-order valence-electron chi connectivity index (χ2n) is 8.13. The summed E-state index contributed by atoms with van der Waals surface area (Å²) in [6, 6.07) is 16.2. The number of aromatic nitrogens is 2. The predicted octanol–water partition coefficient (Wildman–Crippen LogP) is 5.39. The molecule has 0 atom stereocenters. The van der Waals surface area contributed by atoms with Crippen molar-refractivity contribution in [2.45, 2.75) is 33.4 Å². The fraction of sp³-hybridized carbons (Fsp3) is 0.280. The first-order chi connectivity index (χ1) is 15.5. The lowest BCUT2D eigenvalue weighted by atomic mass is 10.2. The molecule has 0 saturated heterocycles. The molecular formula is C25H26N4O2S. The summed E-state index contributed by atoms with van der Waals surface area (Å²) in [5.41, 5.74) is 5.08. The van der Waals surface area contributed by atoms with Crippen molar-refractivity contribution >= 4 is 39.7 Å². The van der Waals surface area contributed by atoms with E-state index in [2.05, 4.69) is 33.0 Å². The first kappa shape index (κ1) is 20.6. The van der Waals surface area contributed by atoms with Gasteiger partial charge in [0.25, 0.3) is 5.91 Å². The number of carbonyl (C=O) groups excluding carboxylic acids is 1. The Labute approximate surface area is 191 Å². The molecule has 0 aliphatic carbocycles. The van der Waals surface area contributed by atoms with E-state index in [1.807, 2.05) is 44.2 Å². The fourth-order valence-corrected chi connectivity index (χ4v) is 5.17. The summed E-state index contributed by atoms with van der Waals surface area (Å²) < 4.78 is 7.85. The molecule has 1 aliphatic rings. The van der Waals surface area contributed by atoms with Crippen molar-refractivity contribution in [1.29, 1.82) is 0 Å². The number of amides is 1. The summed E-state index contributed by atoms with van der Waals surface area (Å²) in [6.45, 7) is 6.64. The molecule has 3 heterocycles. The number of anilines is 2. The number of imidazole rings is 1. The standard InChI is InChI=1S/C25H26N4O2S/c1-16-13-23(32-17(16)2)25(30)27-20-14-18(9-10-22(20)31-3)28-11-6-12-29-21-8-5-4-7-19(21)26-24(29)15-28/h4-5,7-10,13-14H,6,11-12,15H2,1-3H3,(H,27,30). The Morgan fingerprint density at radius 1 is 1.12 bits per heavy atom. The number of nitrogens with one attached hydrogen (secondary N) is 1. The molecule has 1 N–H and O–H groups in total. The van der Waals surface area contributed by atoms with Crippen LogP contribution in [0.15, 0.2) is 48.5 Å². The molecule has 2 aromatic heterocycles. The number of rotatable bonds is 4. The van der Waals surface area contributed by atoms with Crippen LogP contribution in [0.25, 0.3) is 11.0 Å². The van der Waals surface area contributed by atoms with Gasteiger partial charge in [-0.15, -0.1) is 11.3 Å². The minimum absolute atomic E-state index is 0.112. The van der Waals surface area contributed by atoms with Crippen LogP contribution in [0, 0.1) is 13.8 Å². The first-order valence-corrected chi connectivity index (χ1v) is 11.6. The largest absolute Gasteiger partial charge is 0.495 e. The highest BCUT2D eigenvalue weighted by atomic mass is 32.1. The number of thiophene rings is 1. The topological polar surface area (TPSA) is 59.4 Å². The van der Waals surface area contributed by atoms with E-state index < -0.39 is 0 Å². The van der Waals surface area contributed by atoms with Crippen LogP contribution in [0.4, 0.5) is 11.4 Å². The van der Waals surface area contributed by atoms with Crippen LogP contribution in [-0.4, -0.2) is 29.1 Å². The Hall–Kier alpha value is -3.32. The van der Waals surface area contributed by atoms with Gasteiger partial charge in [0.2, 0.25) is 0 Å². The lowest BCUT2D eigenvalue weighted by Gasteiger charge is -2.23. The maximum absolute atomic E-state index is 12.9. The zero-order valence-electron chi connectivity index (χ0n) is 18.5. The second kappa shape index (κ2) is 8.31. The van der Waals surface area contributed by atoms with Crippen molar-refractivity contribution in [3.63, 3.8) is 0 Å². The lowest BCUT2D eigenvalue weighted by molar-refractivity contribution is 0.103. The van der Waals surface area contributed by atoms with Crippen LogP contribution in [-0.2, 0) is 13.1 Å². The summed E-state index contributed by atoms with van der Waals surface area (Å²) in [5.74, 6) is 1.60. The summed E-state index contributed by atoms with van der Waals surface area (Å²) >= 11 is 1.51. The van der Waals surface area contributed by atoms with E-state index >= 15 is 0 Å². The zero-order chi connectivity index (χ0) is 22.2. The van der Waals surface area contributed by atoms with Crippen LogP contribution in [0.5, 0.6) is 5.75 Å².